The van der Waals surface area contributed by atoms with Crippen LogP contribution in [0.3, 0.4) is 0 Å². The molecule has 0 aromatic carbocycles. The van der Waals surface area contributed by atoms with Gasteiger partial charge in [0.2, 0.25) is 0 Å². The van der Waals surface area contributed by atoms with Gasteiger partial charge < -0.3 is 14.2 Å². The fourth-order valence-corrected chi connectivity index (χ4v) is 1.27. The average molecular weight is 216 g/mol. The minimum absolute atomic E-state index is 0.0125. The van der Waals surface area contributed by atoms with Crippen LogP contribution in [0.25, 0.3) is 0 Å². The van der Waals surface area contributed by atoms with Gasteiger partial charge >= 0.3 is 0 Å². The SMILES string of the molecule is C=CC(CCCCC)OC(C)(OC)OC. The Balaban J connectivity index is 4.01. The number of methoxy groups -OCH3 is 2. The molecule has 0 radical (unpaired) electrons. The summed E-state index contributed by atoms with van der Waals surface area (Å²) in [4.78, 5) is 0. The van der Waals surface area contributed by atoms with Crippen LogP contribution in [0.2, 0.25) is 0 Å². The molecule has 0 aliphatic carbocycles. The zero-order valence-corrected chi connectivity index (χ0v) is 10.4. The van der Waals surface area contributed by atoms with Gasteiger partial charge in [-0.2, -0.15) is 0 Å². The van der Waals surface area contributed by atoms with E-state index in [1.54, 1.807) is 27.2 Å². The highest BCUT2D eigenvalue weighted by Gasteiger charge is 2.26. The van der Waals surface area contributed by atoms with Gasteiger partial charge in [-0.1, -0.05) is 32.3 Å². The fourth-order valence-electron chi connectivity index (χ4n) is 1.27. The van der Waals surface area contributed by atoms with E-state index in [1.807, 2.05) is 0 Å². The Hall–Kier alpha value is -0.380. The summed E-state index contributed by atoms with van der Waals surface area (Å²) < 4.78 is 15.9. The summed E-state index contributed by atoms with van der Waals surface area (Å²) in [6.45, 7) is 7.69. The highest BCUT2D eigenvalue weighted by atomic mass is 16.9. The van der Waals surface area contributed by atoms with Crippen molar-refractivity contribution >= 4 is 0 Å². The second-order valence-corrected chi connectivity index (χ2v) is 3.66. The summed E-state index contributed by atoms with van der Waals surface area (Å²) in [5.74, 6) is -0.967. The van der Waals surface area contributed by atoms with Crippen LogP contribution in [-0.4, -0.2) is 26.3 Å². The minimum atomic E-state index is -0.967. The van der Waals surface area contributed by atoms with Crippen molar-refractivity contribution in [3.05, 3.63) is 12.7 Å². The predicted molar refractivity (Wildman–Crippen MR) is 61.6 cm³/mol. The molecule has 90 valence electrons. The van der Waals surface area contributed by atoms with Crippen LogP contribution in [0.1, 0.15) is 39.5 Å². The van der Waals surface area contributed by atoms with Gasteiger partial charge in [0.25, 0.3) is 5.97 Å². The maximum atomic E-state index is 5.67. The second-order valence-electron chi connectivity index (χ2n) is 3.66. The van der Waals surface area contributed by atoms with E-state index in [9.17, 15) is 0 Å². The van der Waals surface area contributed by atoms with E-state index in [0.29, 0.717) is 0 Å². The first-order valence-electron chi connectivity index (χ1n) is 5.52. The summed E-state index contributed by atoms with van der Waals surface area (Å²) in [5, 5.41) is 0. The number of unbranched alkanes of at least 4 members (excludes halogenated alkanes) is 2. The van der Waals surface area contributed by atoms with E-state index >= 15 is 0 Å². The smallest absolute Gasteiger partial charge is 0.279 e. The number of hydrogen-bond donors (Lipinski definition) is 0. The van der Waals surface area contributed by atoms with E-state index in [2.05, 4.69) is 13.5 Å². The molecule has 0 rings (SSSR count). The molecule has 0 aromatic rings. The van der Waals surface area contributed by atoms with Gasteiger partial charge in [0.1, 0.15) is 0 Å². The Bertz CT molecular complexity index is 164. The quantitative estimate of drug-likeness (QED) is 0.337. The molecule has 0 fully saturated rings. The third-order valence-electron chi connectivity index (χ3n) is 2.46. The van der Waals surface area contributed by atoms with E-state index in [0.717, 1.165) is 12.8 Å². The molecule has 3 nitrogen and oxygen atoms in total. The first-order chi connectivity index (χ1) is 7.11. The molecular weight excluding hydrogens is 192 g/mol. The third kappa shape index (κ3) is 5.92. The Kier molecular flexibility index (Phi) is 7.65. The fraction of sp³-hybridized carbons (Fsp3) is 0.833. The van der Waals surface area contributed by atoms with Gasteiger partial charge in [-0.05, 0) is 6.42 Å². The van der Waals surface area contributed by atoms with Crippen molar-refractivity contribution in [2.75, 3.05) is 14.2 Å². The summed E-state index contributed by atoms with van der Waals surface area (Å²) in [6.07, 6.45) is 6.30. The highest BCUT2D eigenvalue weighted by Crippen LogP contribution is 2.18. The molecule has 1 atom stereocenters. The van der Waals surface area contributed by atoms with Crippen molar-refractivity contribution in [2.24, 2.45) is 0 Å². The Morgan fingerprint density at radius 2 is 1.87 bits per heavy atom. The lowest BCUT2D eigenvalue weighted by atomic mass is 10.1. The number of rotatable bonds is 9. The van der Waals surface area contributed by atoms with E-state index in [1.165, 1.54) is 12.8 Å². The summed E-state index contributed by atoms with van der Waals surface area (Å²) in [7, 11) is 3.13. The zero-order valence-electron chi connectivity index (χ0n) is 10.4. The Morgan fingerprint density at radius 3 is 2.27 bits per heavy atom. The molecule has 0 aromatic heterocycles. The molecule has 3 heteroatoms. The van der Waals surface area contributed by atoms with Crippen LogP contribution < -0.4 is 0 Å². The molecular formula is C12H24O3. The van der Waals surface area contributed by atoms with E-state index in [4.69, 9.17) is 14.2 Å². The van der Waals surface area contributed by atoms with E-state index < -0.39 is 5.97 Å². The lowest BCUT2D eigenvalue weighted by Crippen LogP contribution is -2.36. The highest BCUT2D eigenvalue weighted by molar-refractivity contribution is 4.80. The van der Waals surface area contributed by atoms with Gasteiger partial charge in [-0.3, -0.25) is 0 Å². The number of hydrogen-bond acceptors (Lipinski definition) is 3. The molecule has 0 saturated heterocycles. The van der Waals surface area contributed by atoms with Crippen molar-refractivity contribution < 1.29 is 14.2 Å². The Labute approximate surface area is 93.4 Å². The van der Waals surface area contributed by atoms with Crippen LogP contribution in [-0.2, 0) is 14.2 Å². The minimum Gasteiger partial charge on any atom is -0.331 e. The van der Waals surface area contributed by atoms with Crippen LogP contribution in [0, 0.1) is 0 Å². The topological polar surface area (TPSA) is 27.7 Å². The lowest BCUT2D eigenvalue weighted by Gasteiger charge is -2.29. The van der Waals surface area contributed by atoms with E-state index in [-0.39, 0.29) is 6.10 Å². The maximum Gasteiger partial charge on any atom is 0.279 e. The standard InChI is InChI=1S/C12H24O3/c1-6-8-9-10-11(7-2)15-12(3,13-4)14-5/h7,11H,2,6,8-10H2,1,3-5H3. The van der Waals surface area contributed by atoms with Crippen LogP contribution in [0.4, 0.5) is 0 Å². The molecule has 0 bridgehead atoms. The second kappa shape index (κ2) is 7.85. The monoisotopic (exact) mass is 216 g/mol. The van der Waals surface area contributed by atoms with Crippen molar-refractivity contribution in [3.8, 4) is 0 Å². The largest absolute Gasteiger partial charge is 0.331 e. The van der Waals surface area contributed by atoms with Crippen LogP contribution in [0.15, 0.2) is 12.7 Å². The van der Waals surface area contributed by atoms with Crippen LogP contribution >= 0.6 is 0 Å². The maximum absolute atomic E-state index is 5.67. The molecule has 0 N–H and O–H groups in total. The lowest BCUT2D eigenvalue weighted by molar-refractivity contribution is -0.360. The van der Waals surface area contributed by atoms with Crippen molar-refractivity contribution in [1.29, 1.82) is 0 Å². The molecule has 15 heavy (non-hydrogen) atoms. The van der Waals surface area contributed by atoms with Crippen molar-refractivity contribution in [3.63, 3.8) is 0 Å². The Morgan fingerprint density at radius 1 is 1.27 bits per heavy atom. The molecule has 0 heterocycles. The molecule has 0 amide bonds. The van der Waals surface area contributed by atoms with Gasteiger partial charge in [-0.15, -0.1) is 6.58 Å². The zero-order chi connectivity index (χ0) is 11.7. The normalized spacial score (nSPS) is 13.9. The van der Waals surface area contributed by atoms with Gasteiger partial charge in [0.15, 0.2) is 0 Å². The summed E-state index contributed by atoms with van der Waals surface area (Å²) in [6, 6.07) is 0. The molecule has 1 unspecified atom stereocenters. The predicted octanol–water partition coefficient (Wildman–Crippen LogP) is 3.10. The third-order valence-corrected chi connectivity index (χ3v) is 2.46. The number of ether oxygens (including phenoxy) is 3. The first-order valence-corrected chi connectivity index (χ1v) is 5.52. The molecule has 0 aliphatic heterocycles. The van der Waals surface area contributed by atoms with Crippen LogP contribution in [0.5, 0.6) is 0 Å². The first kappa shape index (κ1) is 14.6. The molecule has 0 spiro atoms. The average Bonchev–Trinajstić information content (AvgIpc) is 2.27. The summed E-state index contributed by atoms with van der Waals surface area (Å²) >= 11 is 0. The van der Waals surface area contributed by atoms with Crippen molar-refractivity contribution in [1.82, 2.24) is 0 Å². The molecule has 0 saturated carbocycles. The summed E-state index contributed by atoms with van der Waals surface area (Å²) in [5.41, 5.74) is 0. The van der Waals surface area contributed by atoms with Gasteiger partial charge in [0.05, 0.1) is 6.10 Å². The van der Waals surface area contributed by atoms with Crippen molar-refractivity contribution in [2.45, 2.75) is 51.6 Å². The van der Waals surface area contributed by atoms with Gasteiger partial charge in [-0.25, -0.2) is 0 Å². The van der Waals surface area contributed by atoms with Gasteiger partial charge in [0, 0.05) is 21.1 Å². The molecule has 0 aliphatic rings.